The zero-order valence-electron chi connectivity index (χ0n) is 47.7. The molecule has 15 heteroatoms. The molecule has 0 aliphatic rings. The van der Waals surface area contributed by atoms with Crippen LogP contribution in [0.15, 0.2) is 378 Å². The van der Waals surface area contributed by atoms with Gasteiger partial charge in [-0.15, -0.1) is 7.05 Å². The summed E-state index contributed by atoms with van der Waals surface area (Å²) in [7, 11) is -13.5. The fraction of sp³-hybridized carbons (Fsp3) is 0.0270. The summed E-state index contributed by atoms with van der Waals surface area (Å²) in [5.41, 5.74) is 0. The maximum Gasteiger partial charge on any atom is 1.00 e. The summed E-state index contributed by atoms with van der Waals surface area (Å²) in [6, 6.07) is 128. The van der Waals surface area contributed by atoms with E-state index in [1.165, 1.54) is 47.7 Å². The standard InChI is InChI=1S/C54H45N3P4.C18H15NP.2CH4.Cl3P.ClH.Li/c1-10-28-46(29-11-1)59(47-30-12-2-13-31-47,48-32-14-3-15-33-48)55-58(56-60(49-34-16-4-17-35-49,50-36-18-5-19-37-50)51-38-20-6-21-39-51)57-61(52-40-22-7-23-41-52,53-42-24-8-25-43-53)54-44-26-9-27-45-54;19-20(16-10-4-1-5-11-16,17-12-6-2-7-13-17)18-14-8-3-9-15-18;;;1-4(2)3;;/h1-45H;1-15H;2*1H4;;1H;/q;-1;;;;;+1. The van der Waals surface area contributed by atoms with Gasteiger partial charge in [0.1, 0.15) is 21.2 Å². The third-order valence-electron chi connectivity index (χ3n) is 14.3. The van der Waals surface area contributed by atoms with Gasteiger partial charge in [-0.05, 0) is 15.9 Å². The average molecular weight is 1350 g/mol. The van der Waals surface area contributed by atoms with Gasteiger partial charge >= 0.3 is 27.2 Å². The summed E-state index contributed by atoms with van der Waals surface area (Å²) < 4.78 is 19.4. The Bertz CT molecular complexity index is 3460. The molecule has 89 heavy (non-hydrogen) atoms. The molecule has 0 bridgehead atoms. The van der Waals surface area contributed by atoms with Crippen LogP contribution in [-0.4, -0.2) is 0 Å². The zero-order valence-corrected chi connectivity index (χ0v) is 56.2. The first-order chi connectivity index (χ1) is 41.8. The molecular formula is C74H69Cl4LiN4P6. The van der Waals surface area contributed by atoms with Crippen molar-refractivity contribution in [2.45, 2.75) is 14.9 Å². The van der Waals surface area contributed by atoms with Gasteiger partial charge in [-0.1, -0.05) is 426 Å². The minimum absolute atomic E-state index is 0. The number of benzene rings is 12. The van der Waals surface area contributed by atoms with Crippen molar-refractivity contribution >= 4 is 140 Å². The van der Waals surface area contributed by atoms with Gasteiger partial charge in [0.25, 0.3) is 0 Å². The number of hydrogen-bond donors (Lipinski definition) is 0. The number of nitrogens with zero attached hydrogens (tertiary/aromatic N) is 4. The Hall–Kier alpha value is -5.82. The van der Waals surface area contributed by atoms with Gasteiger partial charge in [-0.2, -0.15) is 0 Å². The molecule has 0 spiro atoms. The van der Waals surface area contributed by atoms with E-state index in [0.717, 1.165) is 15.9 Å². The first-order valence-corrected chi connectivity index (χ1v) is 40.0. The predicted molar refractivity (Wildman–Crippen MR) is 397 cm³/mol. The summed E-state index contributed by atoms with van der Waals surface area (Å²) in [6.07, 6.45) is 0. The van der Waals surface area contributed by atoms with E-state index in [1.807, 2.05) is 91.0 Å². The van der Waals surface area contributed by atoms with Gasteiger partial charge in [0, 0.05) is 47.7 Å². The molecule has 12 rings (SSSR count). The van der Waals surface area contributed by atoms with E-state index in [1.54, 1.807) is 0 Å². The topological polar surface area (TPSA) is 59.4 Å². The molecule has 0 atom stereocenters. The normalized spacial score (nSPS) is 11.0. The average Bonchev–Trinajstić information content (AvgIpc) is 0.878. The Morgan fingerprint density at radius 2 is 0.337 bits per heavy atom. The van der Waals surface area contributed by atoms with Crippen LogP contribution in [0.3, 0.4) is 0 Å². The molecule has 12 aromatic rings. The molecule has 0 aliphatic carbocycles. The van der Waals surface area contributed by atoms with Gasteiger partial charge in [-0.25, -0.2) is 0 Å². The second kappa shape index (κ2) is 35.7. The van der Waals surface area contributed by atoms with Crippen molar-refractivity contribution in [1.82, 2.24) is 0 Å². The van der Waals surface area contributed by atoms with E-state index in [4.69, 9.17) is 47.3 Å². The largest absolute Gasteiger partial charge is 1.00 e. The Labute approximate surface area is 563 Å². The van der Waals surface area contributed by atoms with Gasteiger partial charge < -0.3 is 17.6 Å². The third kappa shape index (κ3) is 16.8. The van der Waals surface area contributed by atoms with Gasteiger partial charge in [0.2, 0.25) is 0 Å². The second-order valence-corrected chi connectivity index (χ2v) is 38.6. The van der Waals surface area contributed by atoms with Gasteiger partial charge in [-0.3, -0.25) is 0 Å². The number of hydrogen-bond acceptors (Lipinski definition) is 3. The Morgan fingerprint density at radius 3 is 0.449 bits per heavy atom. The van der Waals surface area contributed by atoms with Crippen LogP contribution in [0.1, 0.15) is 14.9 Å². The molecular weight excluding hydrogens is 1280 g/mol. The Kier molecular flexibility index (Phi) is 29.0. The van der Waals surface area contributed by atoms with Crippen LogP contribution in [0.4, 0.5) is 0 Å². The Morgan fingerprint density at radius 1 is 0.236 bits per heavy atom. The monoisotopic (exact) mass is 1350 g/mol. The smallest absolute Gasteiger partial charge is 1.00 e. The van der Waals surface area contributed by atoms with E-state index >= 15 is 0 Å². The van der Waals surface area contributed by atoms with Crippen LogP contribution in [0.5, 0.6) is 0 Å². The van der Waals surface area contributed by atoms with Crippen molar-refractivity contribution in [3.8, 4) is 0 Å². The van der Waals surface area contributed by atoms with Crippen molar-refractivity contribution in [2.24, 2.45) is 13.5 Å². The van der Waals surface area contributed by atoms with Gasteiger partial charge in [0.05, 0.1) is 0 Å². The van der Waals surface area contributed by atoms with Crippen LogP contribution >= 0.6 is 76.3 Å². The minimum Gasteiger partial charge on any atom is -1.00 e. The van der Waals surface area contributed by atoms with Crippen molar-refractivity contribution in [2.75, 3.05) is 0 Å². The van der Waals surface area contributed by atoms with Crippen LogP contribution in [0.2, 0.25) is 0 Å². The molecule has 0 fully saturated rings. The molecule has 12 aromatic carbocycles. The van der Waals surface area contributed by atoms with Crippen molar-refractivity contribution < 1.29 is 31.3 Å². The molecule has 0 N–H and O–H groups in total. The third-order valence-corrected chi connectivity index (χ3v) is 32.6. The number of halogens is 4. The molecule has 0 heterocycles. The molecule has 0 radical (unpaired) electrons. The second-order valence-electron chi connectivity index (χ2n) is 19.4. The maximum absolute atomic E-state index is 11.5. The predicted octanol–water partition coefficient (Wildman–Crippen LogP) is 13.4. The van der Waals surface area contributed by atoms with E-state index in [-0.39, 0.29) is 46.1 Å². The fourth-order valence-corrected chi connectivity index (χ4v) is 30.3. The molecule has 0 aromatic heterocycles. The zero-order chi connectivity index (χ0) is 58.6. The molecule has 0 saturated heterocycles. The minimum atomic E-state index is -2.81. The first kappa shape index (κ1) is 72.2. The maximum atomic E-state index is 11.5. The molecule has 0 saturated carbocycles. The summed E-state index contributed by atoms with van der Waals surface area (Å²) in [5.74, 6) is -1.20. The van der Waals surface area contributed by atoms with E-state index in [9.17, 15) is 5.16 Å². The Balaban J connectivity index is 0.000000378. The van der Waals surface area contributed by atoms with Crippen molar-refractivity contribution in [3.63, 3.8) is 0 Å². The van der Waals surface area contributed by atoms with Crippen LogP contribution in [0.25, 0.3) is 5.16 Å². The van der Waals surface area contributed by atoms with Crippen molar-refractivity contribution in [3.05, 3.63) is 369 Å². The van der Waals surface area contributed by atoms with Crippen LogP contribution in [0, 0.1) is 0 Å². The van der Waals surface area contributed by atoms with Gasteiger partial charge in [0.15, 0.2) is 5.98 Å². The molecule has 0 unspecified atom stereocenters. The SMILES string of the molecule is C.C.ClP(Cl)Cl.[Cl-].[Li+].[N-]=P(c1ccccc1)(c1ccccc1)c1ccccc1.c1ccc(P(=N[PH+](N=P(c2ccccc2)(c2ccccc2)c2ccccc2)N=P(c2ccccc2)(c2ccccc2)c2ccccc2)(c2ccccc2)c2ccccc2)cc1. The van der Waals surface area contributed by atoms with E-state index in [2.05, 4.69) is 273 Å². The van der Waals surface area contributed by atoms with Crippen LogP contribution in [-0.2, 0) is 0 Å². The van der Waals surface area contributed by atoms with Crippen LogP contribution < -0.4 is 94.9 Å². The number of rotatable bonds is 15. The summed E-state index contributed by atoms with van der Waals surface area (Å²) >= 11 is 14.6. The van der Waals surface area contributed by atoms with E-state index < -0.39 is 42.6 Å². The molecule has 0 amide bonds. The molecule has 4 nitrogen and oxygen atoms in total. The van der Waals surface area contributed by atoms with Crippen molar-refractivity contribution in [1.29, 1.82) is 0 Å². The summed E-state index contributed by atoms with van der Waals surface area (Å²) in [4.78, 5) is 0. The summed E-state index contributed by atoms with van der Waals surface area (Å²) in [5, 5.41) is 25.0. The fourth-order valence-electron chi connectivity index (χ4n) is 10.5. The quantitative estimate of drug-likeness (QED) is 0.0725. The first-order valence-electron chi connectivity index (χ1n) is 27.6. The van der Waals surface area contributed by atoms with E-state index in [0.29, 0.717) is 0 Å². The molecule has 444 valence electrons. The molecule has 0 aliphatic heterocycles. The summed E-state index contributed by atoms with van der Waals surface area (Å²) in [6.45, 7) is 0.